The minimum atomic E-state index is -0.459. The largest absolute Gasteiger partial charge is 0.392 e. The van der Waals surface area contributed by atoms with Crippen LogP contribution < -0.4 is 5.32 Å². The van der Waals surface area contributed by atoms with Gasteiger partial charge in [-0.1, -0.05) is 18.2 Å². The van der Waals surface area contributed by atoms with Gasteiger partial charge in [-0.2, -0.15) is 5.10 Å². The Labute approximate surface area is 125 Å². The fraction of sp³-hybridized carbons (Fsp3) is 0.125. The number of benzene rings is 2. The van der Waals surface area contributed by atoms with Crippen LogP contribution in [0.3, 0.4) is 0 Å². The van der Waals surface area contributed by atoms with Crippen LogP contribution in [-0.2, 0) is 13.2 Å². The van der Waals surface area contributed by atoms with E-state index < -0.39 is 5.82 Å². The fourth-order valence-electron chi connectivity index (χ4n) is 2.29. The molecule has 112 valence electrons. The Morgan fingerprint density at radius 2 is 2.18 bits per heavy atom. The zero-order valence-corrected chi connectivity index (χ0v) is 11.6. The Hall–Kier alpha value is -2.73. The minimum absolute atomic E-state index is 0.211. The molecule has 0 unspecified atom stereocenters. The number of para-hydroxylation sites is 1. The molecule has 0 aliphatic carbocycles. The molecule has 1 amide bonds. The van der Waals surface area contributed by atoms with Crippen LogP contribution in [0.5, 0.6) is 0 Å². The number of amides is 1. The number of aromatic amines is 1. The Kier molecular flexibility index (Phi) is 3.84. The summed E-state index contributed by atoms with van der Waals surface area (Å²) in [4.78, 5) is 12.3. The predicted octanol–water partition coefficient (Wildman–Crippen LogP) is 2.12. The SMILES string of the molecule is O=C(NCc1ccc(F)c(CO)c1)c1cccc2cn[nH]c12. The summed E-state index contributed by atoms with van der Waals surface area (Å²) in [6.45, 7) is -0.127. The highest BCUT2D eigenvalue weighted by atomic mass is 19.1. The van der Waals surface area contributed by atoms with Crippen molar-refractivity contribution in [3.05, 3.63) is 65.1 Å². The first-order valence-corrected chi connectivity index (χ1v) is 6.77. The van der Waals surface area contributed by atoms with Gasteiger partial charge in [0.2, 0.25) is 0 Å². The van der Waals surface area contributed by atoms with Crippen molar-refractivity contribution in [3.8, 4) is 0 Å². The second-order valence-corrected chi connectivity index (χ2v) is 4.91. The van der Waals surface area contributed by atoms with Crippen LogP contribution in [0, 0.1) is 5.82 Å². The van der Waals surface area contributed by atoms with Gasteiger partial charge in [0.15, 0.2) is 0 Å². The number of hydrogen-bond donors (Lipinski definition) is 3. The number of carbonyl (C=O) groups is 1. The van der Waals surface area contributed by atoms with Crippen LogP contribution in [0.2, 0.25) is 0 Å². The number of carbonyl (C=O) groups excluding carboxylic acids is 1. The highest BCUT2D eigenvalue weighted by Gasteiger charge is 2.11. The number of aromatic nitrogens is 2. The third kappa shape index (κ3) is 2.68. The number of halogens is 1. The van der Waals surface area contributed by atoms with Crippen molar-refractivity contribution in [1.82, 2.24) is 15.5 Å². The van der Waals surface area contributed by atoms with Crippen molar-refractivity contribution in [2.75, 3.05) is 0 Å². The molecular formula is C16H14FN3O2. The van der Waals surface area contributed by atoms with Crippen molar-refractivity contribution in [1.29, 1.82) is 0 Å². The number of hydrogen-bond acceptors (Lipinski definition) is 3. The molecule has 1 aromatic heterocycles. The average molecular weight is 299 g/mol. The molecule has 0 aliphatic rings. The molecule has 6 heteroatoms. The highest BCUT2D eigenvalue weighted by Crippen LogP contribution is 2.16. The molecule has 0 spiro atoms. The van der Waals surface area contributed by atoms with E-state index in [9.17, 15) is 9.18 Å². The summed E-state index contributed by atoms with van der Waals surface area (Å²) in [7, 11) is 0. The summed E-state index contributed by atoms with van der Waals surface area (Å²) >= 11 is 0. The lowest BCUT2D eigenvalue weighted by atomic mass is 10.1. The van der Waals surface area contributed by atoms with Gasteiger partial charge in [0, 0.05) is 17.5 Å². The van der Waals surface area contributed by atoms with E-state index >= 15 is 0 Å². The highest BCUT2D eigenvalue weighted by molar-refractivity contribution is 6.05. The normalized spacial score (nSPS) is 10.8. The van der Waals surface area contributed by atoms with Gasteiger partial charge in [-0.15, -0.1) is 0 Å². The van der Waals surface area contributed by atoms with E-state index in [1.54, 1.807) is 24.4 Å². The summed E-state index contributed by atoms with van der Waals surface area (Å²) in [6.07, 6.45) is 1.65. The average Bonchev–Trinajstić information content (AvgIpc) is 3.02. The molecule has 3 rings (SSSR count). The van der Waals surface area contributed by atoms with Crippen LogP contribution >= 0.6 is 0 Å². The van der Waals surface area contributed by atoms with Gasteiger partial charge in [0.25, 0.3) is 5.91 Å². The minimum Gasteiger partial charge on any atom is -0.392 e. The first-order valence-electron chi connectivity index (χ1n) is 6.77. The number of aliphatic hydroxyl groups is 1. The van der Waals surface area contributed by atoms with Crippen LogP contribution in [0.15, 0.2) is 42.6 Å². The smallest absolute Gasteiger partial charge is 0.253 e. The standard InChI is InChI=1S/C16H14FN3O2/c17-14-5-4-10(6-12(14)9-21)7-18-16(22)13-3-1-2-11-8-19-20-15(11)13/h1-6,8,21H,7,9H2,(H,18,22)(H,19,20). The molecule has 5 nitrogen and oxygen atoms in total. The van der Waals surface area contributed by atoms with Crippen LogP contribution in [-0.4, -0.2) is 21.2 Å². The van der Waals surface area contributed by atoms with Crippen LogP contribution in [0.25, 0.3) is 10.9 Å². The quantitative estimate of drug-likeness (QED) is 0.690. The first-order chi connectivity index (χ1) is 10.7. The zero-order valence-electron chi connectivity index (χ0n) is 11.6. The third-order valence-electron chi connectivity index (χ3n) is 3.45. The van der Waals surface area contributed by atoms with Crippen molar-refractivity contribution >= 4 is 16.8 Å². The van der Waals surface area contributed by atoms with E-state index in [1.807, 2.05) is 6.07 Å². The molecule has 0 saturated carbocycles. The number of H-pyrrole nitrogens is 1. The van der Waals surface area contributed by atoms with Gasteiger partial charge < -0.3 is 10.4 Å². The molecule has 3 aromatic rings. The Bertz CT molecular complexity index is 829. The maximum atomic E-state index is 13.3. The molecule has 22 heavy (non-hydrogen) atoms. The number of fused-ring (bicyclic) bond motifs is 1. The van der Waals surface area contributed by atoms with Gasteiger partial charge in [0.1, 0.15) is 5.82 Å². The lowest BCUT2D eigenvalue weighted by molar-refractivity contribution is 0.0952. The third-order valence-corrected chi connectivity index (χ3v) is 3.45. The van der Waals surface area contributed by atoms with Gasteiger partial charge in [-0.05, 0) is 23.8 Å². The van der Waals surface area contributed by atoms with Gasteiger partial charge in [-0.3, -0.25) is 9.89 Å². The lowest BCUT2D eigenvalue weighted by Crippen LogP contribution is -2.23. The lowest BCUT2D eigenvalue weighted by Gasteiger charge is -2.08. The van der Waals surface area contributed by atoms with Crippen molar-refractivity contribution in [2.24, 2.45) is 0 Å². The molecule has 3 N–H and O–H groups in total. The monoisotopic (exact) mass is 299 g/mol. The van der Waals surface area contributed by atoms with E-state index in [-0.39, 0.29) is 24.6 Å². The molecule has 0 saturated heterocycles. The fourth-order valence-corrected chi connectivity index (χ4v) is 2.29. The summed E-state index contributed by atoms with van der Waals surface area (Å²) in [5.41, 5.74) is 2.10. The van der Waals surface area contributed by atoms with E-state index in [0.717, 1.165) is 10.9 Å². The van der Waals surface area contributed by atoms with Crippen LogP contribution in [0.4, 0.5) is 4.39 Å². The van der Waals surface area contributed by atoms with E-state index in [4.69, 9.17) is 5.11 Å². The van der Waals surface area contributed by atoms with E-state index in [1.165, 1.54) is 12.1 Å². The first kappa shape index (κ1) is 14.2. The molecule has 0 radical (unpaired) electrons. The van der Waals surface area contributed by atoms with Crippen LogP contribution in [0.1, 0.15) is 21.5 Å². The molecular weight excluding hydrogens is 285 g/mol. The summed E-state index contributed by atoms with van der Waals surface area (Å²) in [5.74, 6) is -0.704. The number of aliphatic hydroxyl groups excluding tert-OH is 1. The van der Waals surface area contributed by atoms with Crippen molar-refractivity contribution in [3.63, 3.8) is 0 Å². The summed E-state index contributed by atoms with van der Waals surface area (Å²) in [6, 6.07) is 9.75. The maximum Gasteiger partial charge on any atom is 0.253 e. The number of rotatable bonds is 4. The topological polar surface area (TPSA) is 78.0 Å². The predicted molar refractivity (Wildman–Crippen MR) is 79.6 cm³/mol. The maximum absolute atomic E-state index is 13.3. The molecule has 0 fully saturated rings. The van der Waals surface area contributed by atoms with Gasteiger partial charge in [0.05, 0.1) is 23.9 Å². The summed E-state index contributed by atoms with van der Waals surface area (Å²) in [5, 5.41) is 19.4. The van der Waals surface area contributed by atoms with Crippen molar-refractivity contribution < 1.29 is 14.3 Å². The summed E-state index contributed by atoms with van der Waals surface area (Å²) < 4.78 is 13.3. The molecule has 2 aromatic carbocycles. The van der Waals surface area contributed by atoms with E-state index in [0.29, 0.717) is 11.1 Å². The number of nitrogens with one attached hydrogen (secondary N) is 2. The zero-order chi connectivity index (χ0) is 15.5. The number of nitrogens with zero attached hydrogens (tertiary/aromatic N) is 1. The Balaban J connectivity index is 1.76. The molecule has 0 bridgehead atoms. The Morgan fingerprint density at radius 1 is 1.32 bits per heavy atom. The van der Waals surface area contributed by atoms with Gasteiger partial charge in [-0.25, -0.2) is 4.39 Å². The van der Waals surface area contributed by atoms with Crippen molar-refractivity contribution in [2.45, 2.75) is 13.2 Å². The van der Waals surface area contributed by atoms with Gasteiger partial charge >= 0.3 is 0 Å². The second kappa shape index (κ2) is 5.95. The second-order valence-electron chi connectivity index (χ2n) is 4.91. The molecule has 0 aliphatic heterocycles. The molecule has 0 atom stereocenters. The van der Waals surface area contributed by atoms with E-state index in [2.05, 4.69) is 15.5 Å². The molecule has 1 heterocycles. The Morgan fingerprint density at radius 3 is 3.00 bits per heavy atom.